The van der Waals surface area contributed by atoms with Gasteiger partial charge in [0, 0.05) is 24.7 Å². The number of aliphatic hydroxyl groups is 1. The summed E-state index contributed by atoms with van der Waals surface area (Å²) in [6, 6.07) is 9.96. The van der Waals surface area contributed by atoms with E-state index in [-0.39, 0.29) is 17.4 Å². The lowest BCUT2D eigenvalue weighted by Crippen LogP contribution is -2.39. The van der Waals surface area contributed by atoms with Crippen molar-refractivity contribution in [1.82, 2.24) is 9.71 Å². The zero-order valence-corrected chi connectivity index (χ0v) is 16.2. The Labute approximate surface area is 161 Å². The molecule has 0 saturated carbocycles. The van der Waals surface area contributed by atoms with Crippen molar-refractivity contribution in [2.75, 3.05) is 23.7 Å². The summed E-state index contributed by atoms with van der Waals surface area (Å²) in [5.74, 6) is 0.835. The van der Waals surface area contributed by atoms with Crippen molar-refractivity contribution < 1.29 is 13.5 Å². The van der Waals surface area contributed by atoms with Crippen molar-refractivity contribution in [1.29, 1.82) is 0 Å². The number of pyridine rings is 1. The third-order valence-corrected chi connectivity index (χ3v) is 6.10. The number of nitrogens with one attached hydrogen (secondary N) is 3. The van der Waals surface area contributed by atoms with Gasteiger partial charge in [0.1, 0.15) is 19.5 Å². The quantitative estimate of drug-likeness (QED) is 0.548. The summed E-state index contributed by atoms with van der Waals surface area (Å²) < 4.78 is 27.7. The molecule has 0 amide bonds. The van der Waals surface area contributed by atoms with Crippen molar-refractivity contribution in [2.45, 2.75) is 30.8 Å². The topological polar surface area (TPSA) is 103 Å². The minimum absolute atomic E-state index is 0.165. The molecule has 1 aromatic heterocycles. The number of anilines is 3. The first-order chi connectivity index (χ1) is 12.6. The lowest BCUT2D eigenvalue weighted by Gasteiger charge is -2.30. The van der Waals surface area contributed by atoms with Gasteiger partial charge in [0.15, 0.2) is 0 Å². The van der Waals surface area contributed by atoms with E-state index in [0.717, 1.165) is 0 Å². The number of fused-ring (bicyclic) bond motifs is 4. The van der Waals surface area contributed by atoms with Crippen LogP contribution in [0.3, 0.4) is 0 Å². The number of nitrogens with zero attached hydrogens (tertiary/aromatic N) is 1. The number of hydrogen-bond acceptors (Lipinski definition) is 6. The summed E-state index contributed by atoms with van der Waals surface area (Å²) in [7, 11) is 2.37. The van der Waals surface area contributed by atoms with Crippen LogP contribution < -0.4 is 20.8 Å². The third-order valence-electron chi connectivity index (χ3n) is 4.64. The summed E-state index contributed by atoms with van der Waals surface area (Å²) in [5.41, 5.74) is 0.101. The molecule has 27 heavy (non-hydrogen) atoms. The second-order valence-corrected chi connectivity index (χ2v) is 8.97. The first-order valence-electron chi connectivity index (χ1n) is 8.75. The number of sulfonamides is 1. The number of hydrogen-bond donors (Lipinski definition) is 4. The van der Waals surface area contributed by atoms with Crippen molar-refractivity contribution in [3.05, 3.63) is 36.4 Å². The Hall–Kier alpha value is -2.10. The molecule has 0 saturated heterocycles. The van der Waals surface area contributed by atoms with Crippen LogP contribution in [0.4, 0.5) is 17.3 Å². The Morgan fingerprint density at radius 1 is 1.26 bits per heavy atom. The fourth-order valence-corrected chi connectivity index (χ4v) is 4.04. The maximum Gasteiger partial charge on any atom is 0.240 e. The molecule has 2 aromatic rings. The summed E-state index contributed by atoms with van der Waals surface area (Å²) in [4.78, 5) is 4.64. The zero-order chi connectivity index (χ0) is 19.7. The molecule has 1 atom stereocenters. The maximum atomic E-state index is 12.6. The Morgan fingerprint density at radius 2 is 2.04 bits per heavy atom. The van der Waals surface area contributed by atoms with Crippen LogP contribution in [-0.4, -0.2) is 45.0 Å². The third kappa shape index (κ3) is 4.80. The molecular weight excluding hydrogens is 363 g/mol. The minimum Gasteiger partial charge on any atom is -0.390 e. The van der Waals surface area contributed by atoms with Gasteiger partial charge in [-0.25, -0.2) is 18.1 Å². The highest BCUT2D eigenvalue weighted by Gasteiger charge is 2.27. The zero-order valence-electron chi connectivity index (χ0n) is 15.4. The molecule has 142 valence electrons. The van der Waals surface area contributed by atoms with Gasteiger partial charge < -0.3 is 15.7 Å². The average molecular weight is 386 g/mol. The molecule has 0 fully saturated rings. The SMILES string of the molecule is [B]c1ccc2nc1NCC(C(C)(C)O)CCNS(=O)(=O)c1cccc(c1)N2. The van der Waals surface area contributed by atoms with E-state index in [9.17, 15) is 13.5 Å². The van der Waals surface area contributed by atoms with Gasteiger partial charge in [-0.2, -0.15) is 0 Å². The number of benzene rings is 1. The normalized spacial score (nSPS) is 20.0. The van der Waals surface area contributed by atoms with Gasteiger partial charge >= 0.3 is 0 Å². The van der Waals surface area contributed by atoms with Crippen molar-refractivity contribution in [3.8, 4) is 0 Å². The number of rotatable bonds is 1. The van der Waals surface area contributed by atoms with Gasteiger partial charge in [-0.1, -0.05) is 17.6 Å². The van der Waals surface area contributed by atoms with Crippen LogP contribution in [0.1, 0.15) is 20.3 Å². The Kier molecular flexibility index (Phi) is 5.46. The summed E-state index contributed by atoms with van der Waals surface area (Å²) in [5, 5.41) is 16.7. The van der Waals surface area contributed by atoms with Gasteiger partial charge in [-0.3, -0.25) is 0 Å². The Morgan fingerprint density at radius 3 is 2.78 bits per heavy atom. The van der Waals surface area contributed by atoms with Crippen LogP contribution in [0, 0.1) is 5.92 Å². The van der Waals surface area contributed by atoms with E-state index in [4.69, 9.17) is 7.85 Å². The van der Waals surface area contributed by atoms with Crippen LogP contribution in [0.2, 0.25) is 0 Å². The van der Waals surface area contributed by atoms with Crippen LogP contribution in [0.5, 0.6) is 0 Å². The van der Waals surface area contributed by atoms with Gasteiger partial charge in [-0.15, -0.1) is 0 Å². The Balaban J connectivity index is 2.01. The molecule has 2 heterocycles. The largest absolute Gasteiger partial charge is 0.390 e. The second-order valence-electron chi connectivity index (χ2n) is 7.21. The van der Waals surface area contributed by atoms with Crippen LogP contribution in [0.25, 0.3) is 0 Å². The van der Waals surface area contributed by atoms with Crippen molar-refractivity contribution >= 4 is 40.7 Å². The molecular formula is C18H23BN4O3S. The van der Waals surface area contributed by atoms with Gasteiger partial charge in [0.05, 0.1) is 10.5 Å². The molecule has 3 rings (SSSR count). The van der Waals surface area contributed by atoms with Crippen LogP contribution >= 0.6 is 0 Å². The van der Waals surface area contributed by atoms with E-state index in [1.165, 1.54) is 6.07 Å². The molecule has 0 aliphatic carbocycles. The standard InChI is InChI=1S/C18H23BN4O3S/c1-18(2,24)12-8-9-21-27(25,26)14-5-3-4-13(10-14)22-16-7-6-15(19)17(23-16)20-11-12/h3-7,10,12,21,24H,8-9,11H2,1-2H3,(H2,20,22,23). The molecule has 1 aliphatic heterocycles. The smallest absolute Gasteiger partial charge is 0.240 e. The average Bonchev–Trinajstić information content (AvgIpc) is 2.59. The first kappa shape index (κ1) is 19.7. The lowest BCUT2D eigenvalue weighted by molar-refractivity contribution is 0.0195. The van der Waals surface area contributed by atoms with Gasteiger partial charge in [0.2, 0.25) is 10.0 Å². The molecule has 9 heteroatoms. The van der Waals surface area contributed by atoms with E-state index in [1.54, 1.807) is 44.2 Å². The Bertz CT molecular complexity index is 928. The van der Waals surface area contributed by atoms with E-state index >= 15 is 0 Å². The second kappa shape index (κ2) is 7.50. The minimum atomic E-state index is -3.65. The first-order valence-corrected chi connectivity index (χ1v) is 10.2. The van der Waals surface area contributed by atoms with E-state index < -0.39 is 15.6 Å². The molecule has 0 spiro atoms. The molecule has 2 radical (unpaired) electrons. The lowest BCUT2D eigenvalue weighted by atomic mass is 9.88. The maximum absolute atomic E-state index is 12.6. The predicted molar refractivity (Wildman–Crippen MR) is 107 cm³/mol. The molecule has 7 nitrogen and oxygen atoms in total. The summed E-state index contributed by atoms with van der Waals surface area (Å²) >= 11 is 0. The highest BCUT2D eigenvalue weighted by atomic mass is 32.2. The molecule has 1 aromatic carbocycles. The van der Waals surface area contributed by atoms with Gasteiger partial charge in [0.25, 0.3) is 0 Å². The monoisotopic (exact) mass is 386 g/mol. The van der Waals surface area contributed by atoms with Crippen LogP contribution in [0.15, 0.2) is 41.3 Å². The van der Waals surface area contributed by atoms with E-state index in [2.05, 4.69) is 20.3 Å². The fourth-order valence-electron chi connectivity index (χ4n) is 2.95. The number of aromatic nitrogens is 1. The molecule has 1 unspecified atom stereocenters. The summed E-state index contributed by atoms with van der Waals surface area (Å²) in [6.07, 6.45) is 0.452. The predicted octanol–water partition coefficient (Wildman–Crippen LogP) is 1.10. The molecule has 4 bridgehead atoms. The molecule has 1 aliphatic rings. The molecule has 4 N–H and O–H groups in total. The highest BCUT2D eigenvalue weighted by molar-refractivity contribution is 7.89. The van der Waals surface area contributed by atoms with Crippen LogP contribution in [-0.2, 0) is 10.0 Å². The van der Waals surface area contributed by atoms with Crippen molar-refractivity contribution in [3.63, 3.8) is 0 Å². The summed E-state index contributed by atoms with van der Waals surface area (Å²) in [6.45, 7) is 4.01. The fraction of sp³-hybridized carbons (Fsp3) is 0.389. The van der Waals surface area contributed by atoms with Gasteiger partial charge in [-0.05, 0) is 44.5 Å². The highest BCUT2D eigenvalue weighted by Crippen LogP contribution is 2.23. The van der Waals surface area contributed by atoms with Crippen molar-refractivity contribution in [2.24, 2.45) is 5.92 Å². The van der Waals surface area contributed by atoms with E-state index in [1.807, 2.05) is 0 Å². The van der Waals surface area contributed by atoms with E-state index in [0.29, 0.717) is 35.8 Å².